The van der Waals surface area contributed by atoms with Crippen LogP contribution in [0.25, 0.3) is 0 Å². The first-order valence-electron chi connectivity index (χ1n) is 13.4. The van der Waals surface area contributed by atoms with Crippen LogP contribution in [-0.2, 0) is 14.3 Å². The number of hydrogen-bond donors (Lipinski definition) is 0. The third kappa shape index (κ3) is 4.93. The standard InChI is InChI=1S/C26H44N4O4/c1-6-7-8-9-19(2)22(31)28-14-12-27-13-15-29(18-21(27)17-28)23(32)26-16-20(26)10-11-30(26)24(33)34-25(3,4)5/h19-21H,6-18H2,1-5H3/t19?,20-,21?,26+/m0/s1. The highest BCUT2D eigenvalue weighted by Gasteiger charge is 2.70. The zero-order chi connectivity index (χ0) is 24.7. The van der Waals surface area contributed by atoms with E-state index in [1.165, 1.54) is 12.8 Å². The Morgan fingerprint density at radius 3 is 2.32 bits per heavy atom. The molecule has 8 nitrogen and oxygen atoms in total. The van der Waals surface area contributed by atoms with Gasteiger partial charge in [-0.05, 0) is 46.0 Å². The fourth-order valence-corrected chi connectivity index (χ4v) is 6.17. The van der Waals surface area contributed by atoms with Crippen LogP contribution in [0, 0.1) is 11.8 Å². The Morgan fingerprint density at radius 2 is 1.68 bits per heavy atom. The quantitative estimate of drug-likeness (QED) is 0.551. The molecule has 0 spiro atoms. The Balaban J connectivity index is 1.37. The molecule has 3 heterocycles. The monoisotopic (exact) mass is 476 g/mol. The van der Waals surface area contributed by atoms with Crippen molar-refractivity contribution >= 4 is 17.9 Å². The molecule has 4 aliphatic rings. The highest BCUT2D eigenvalue weighted by molar-refractivity contribution is 5.94. The largest absolute Gasteiger partial charge is 0.444 e. The van der Waals surface area contributed by atoms with Gasteiger partial charge in [0, 0.05) is 57.8 Å². The van der Waals surface area contributed by atoms with E-state index in [9.17, 15) is 14.4 Å². The Bertz CT molecular complexity index is 796. The second-order valence-corrected chi connectivity index (χ2v) is 11.9. The van der Waals surface area contributed by atoms with Gasteiger partial charge in [-0.25, -0.2) is 4.79 Å². The van der Waals surface area contributed by atoms with E-state index >= 15 is 0 Å². The lowest BCUT2D eigenvalue weighted by atomic mass is 10.00. The average molecular weight is 477 g/mol. The first-order valence-corrected chi connectivity index (χ1v) is 13.4. The number of rotatable bonds is 6. The molecule has 4 rings (SSSR count). The van der Waals surface area contributed by atoms with Crippen molar-refractivity contribution in [1.29, 1.82) is 0 Å². The van der Waals surface area contributed by atoms with Gasteiger partial charge in [-0.1, -0.05) is 33.1 Å². The van der Waals surface area contributed by atoms with Gasteiger partial charge in [-0.2, -0.15) is 0 Å². The minimum Gasteiger partial charge on any atom is -0.444 e. The molecular formula is C26H44N4O4. The molecule has 0 radical (unpaired) electrons. The molecule has 0 aromatic heterocycles. The summed E-state index contributed by atoms with van der Waals surface area (Å²) in [7, 11) is 0. The maximum atomic E-state index is 13.8. The molecule has 3 amide bonds. The third-order valence-electron chi connectivity index (χ3n) is 8.19. The predicted molar refractivity (Wildman–Crippen MR) is 130 cm³/mol. The molecule has 8 heteroatoms. The number of nitrogens with zero attached hydrogens (tertiary/aromatic N) is 4. The minimum absolute atomic E-state index is 0.0615. The van der Waals surface area contributed by atoms with Crippen molar-refractivity contribution in [2.24, 2.45) is 11.8 Å². The van der Waals surface area contributed by atoms with E-state index in [4.69, 9.17) is 4.74 Å². The van der Waals surface area contributed by atoms with E-state index in [0.717, 1.165) is 45.3 Å². The van der Waals surface area contributed by atoms with Crippen LogP contribution in [0.1, 0.15) is 73.1 Å². The molecule has 0 bridgehead atoms. The molecule has 4 fully saturated rings. The third-order valence-corrected chi connectivity index (χ3v) is 8.19. The van der Waals surface area contributed by atoms with Crippen molar-refractivity contribution in [3.05, 3.63) is 0 Å². The summed E-state index contributed by atoms with van der Waals surface area (Å²) < 4.78 is 5.63. The van der Waals surface area contributed by atoms with Crippen LogP contribution in [0.5, 0.6) is 0 Å². The number of piperidine rings is 1. The number of ether oxygens (including phenoxy) is 1. The number of hydrogen-bond acceptors (Lipinski definition) is 5. The van der Waals surface area contributed by atoms with Crippen molar-refractivity contribution in [3.8, 4) is 0 Å². The van der Waals surface area contributed by atoms with Crippen LogP contribution in [0.15, 0.2) is 0 Å². The van der Waals surface area contributed by atoms with Crippen LogP contribution < -0.4 is 0 Å². The molecule has 192 valence electrons. The van der Waals surface area contributed by atoms with Crippen LogP contribution in [0.3, 0.4) is 0 Å². The summed E-state index contributed by atoms with van der Waals surface area (Å²) in [5.41, 5.74) is -1.28. The molecule has 34 heavy (non-hydrogen) atoms. The van der Waals surface area contributed by atoms with E-state index in [2.05, 4.69) is 18.7 Å². The number of amides is 3. The molecule has 2 unspecified atom stereocenters. The van der Waals surface area contributed by atoms with Crippen molar-refractivity contribution in [3.63, 3.8) is 0 Å². The fourth-order valence-electron chi connectivity index (χ4n) is 6.17. The SMILES string of the molecule is CCCCCC(C)C(=O)N1CCN2CCN(C(=O)[C@@]34C[C@@H]3CCN4C(=O)OC(C)(C)C)CC2C1. The molecule has 3 aliphatic heterocycles. The summed E-state index contributed by atoms with van der Waals surface area (Å²) in [6.45, 7) is 14.9. The first-order chi connectivity index (χ1) is 16.1. The van der Waals surface area contributed by atoms with Gasteiger partial charge in [0.1, 0.15) is 11.1 Å². The van der Waals surface area contributed by atoms with E-state index in [-0.39, 0.29) is 35.8 Å². The van der Waals surface area contributed by atoms with Crippen molar-refractivity contribution in [2.45, 2.75) is 90.3 Å². The maximum absolute atomic E-state index is 13.8. The number of likely N-dealkylation sites (tertiary alicyclic amines) is 1. The first kappa shape index (κ1) is 25.3. The Hall–Kier alpha value is -1.83. The van der Waals surface area contributed by atoms with Crippen LogP contribution in [0.4, 0.5) is 4.79 Å². The Labute approximate surface area is 204 Å². The molecule has 0 aromatic rings. The summed E-state index contributed by atoms with van der Waals surface area (Å²) in [5, 5.41) is 0. The Kier molecular flexibility index (Phi) is 7.19. The predicted octanol–water partition coefficient (Wildman–Crippen LogP) is 2.96. The molecular weight excluding hydrogens is 432 g/mol. The second kappa shape index (κ2) is 9.67. The normalized spacial score (nSPS) is 30.0. The van der Waals surface area contributed by atoms with Gasteiger partial charge in [-0.15, -0.1) is 0 Å². The van der Waals surface area contributed by atoms with Gasteiger partial charge in [0.15, 0.2) is 0 Å². The smallest absolute Gasteiger partial charge is 0.411 e. The summed E-state index contributed by atoms with van der Waals surface area (Å²) >= 11 is 0. The van der Waals surface area contributed by atoms with E-state index < -0.39 is 11.1 Å². The topological polar surface area (TPSA) is 73.4 Å². The van der Waals surface area contributed by atoms with Gasteiger partial charge < -0.3 is 14.5 Å². The summed E-state index contributed by atoms with van der Waals surface area (Å²) in [4.78, 5) is 47.8. The number of piperazine rings is 2. The molecule has 1 saturated carbocycles. The van der Waals surface area contributed by atoms with Crippen molar-refractivity contribution in [1.82, 2.24) is 19.6 Å². The molecule has 0 N–H and O–H groups in total. The molecule has 3 saturated heterocycles. The lowest BCUT2D eigenvalue weighted by molar-refractivity contribution is -0.145. The van der Waals surface area contributed by atoms with E-state index in [1.807, 2.05) is 30.6 Å². The van der Waals surface area contributed by atoms with Crippen molar-refractivity contribution < 1.29 is 19.1 Å². The second-order valence-electron chi connectivity index (χ2n) is 11.9. The highest BCUT2D eigenvalue weighted by atomic mass is 16.6. The van der Waals surface area contributed by atoms with Gasteiger partial charge >= 0.3 is 6.09 Å². The fraction of sp³-hybridized carbons (Fsp3) is 0.885. The van der Waals surface area contributed by atoms with Crippen LogP contribution in [-0.4, -0.2) is 101 Å². The average Bonchev–Trinajstić information content (AvgIpc) is 3.40. The zero-order valence-corrected chi connectivity index (χ0v) is 21.8. The minimum atomic E-state index is -0.706. The number of fused-ring (bicyclic) bond motifs is 2. The molecule has 4 atom stereocenters. The number of carbonyl (C=O) groups excluding carboxylic acids is 3. The zero-order valence-electron chi connectivity index (χ0n) is 21.8. The lowest BCUT2D eigenvalue weighted by Crippen LogP contribution is -2.65. The van der Waals surface area contributed by atoms with Crippen molar-refractivity contribution in [2.75, 3.05) is 45.8 Å². The van der Waals surface area contributed by atoms with E-state index in [1.54, 1.807) is 4.90 Å². The molecule has 0 aromatic carbocycles. The number of carbonyl (C=O) groups is 3. The summed E-state index contributed by atoms with van der Waals surface area (Å²) in [6.07, 6.45) is 5.64. The van der Waals surface area contributed by atoms with Gasteiger partial charge in [0.25, 0.3) is 0 Å². The maximum Gasteiger partial charge on any atom is 0.411 e. The van der Waals surface area contributed by atoms with E-state index in [0.29, 0.717) is 26.2 Å². The van der Waals surface area contributed by atoms with Gasteiger partial charge in [0.05, 0.1) is 0 Å². The Morgan fingerprint density at radius 1 is 1.00 bits per heavy atom. The van der Waals surface area contributed by atoms with Crippen LogP contribution >= 0.6 is 0 Å². The van der Waals surface area contributed by atoms with Gasteiger partial charge in [0.2, 0.25) is 11.8 Å². The molecule has 1 aliphatic carbocycles. The van der Waals surface area contributed by atoms with Crippen LogP contribution in [0.2, 0.25) is 0 Å². The number of unbranched alkanes of at least 4 members (excludes halogenated alkanes) is 2. The summed E-state index contributed by atoms with van der Waals surface area (Å²) in [6, 6.07) is 0.170. The van der Waals surface area contributed by atoms with Gasteiger partial charge in [-0.3, -0.25) is 19.4 Å². The highest BCUT2D eigenvalue weighted by Crippen LogP contribution is 2.57. The summed E-state index contributed by atoms with van der Waals surface area (Å²) in [5.74, 6) is 0.647. The lowest BCUT2D eigenvalue weighted by Gasteiger charge is -2.48.